The van der Waals surface area contributed by atoms with Gasteiger partial charge in [-0.25, -0.2) is 4.98 Å². The minimum atomic E-state index is -0.117. The maximum atomic E-state index is 13.0. The molecule has 0 saturated heterocycles. The fourth-order valence-electron chi connectivity index (χ4n) is 3.34. The lowest BCUT2D eigenvalue weighted by molar-refractivity contribution is 0.0952. The summed E-state index contributed by atoms with van der Waals surface area (Å²) in [6, 6.07) is 25.4. The molecule has 144 valence electrons. The van der Waals surface area contributed by atoms with Crippen molar-refractivity contribution in [2.24, 2.45) is 0 Å². The van der Waals surface area contributed by atoms with E-state index in [4.69, 9.17) is 9.72 Å². The first-order valence-corrected chi connectivity index (χ1v) is 9.52. The molecular weight excluding hydrogens is 360 g/mol. The maximum Gasteiger partial charge on any atom is 0.252 e. The number of aryl methyl sites for hydroxylation is 1. The number of carbonyl (C=O) groups excluding carboxylic acids is 1. The van der Waals surface area contributed by atoms with Gasteiger partial charge in [0.25, 0.3) is 5.91 Å². The van der Waals surface area contributed by atoms with Crippen LogP contribution in [0.2, 0.25) is 0 Å². The number of carbonyl (C=O) groups is 1. The molecule has 0 atom stereocenters. The SMILES string of the molecule is COc1ccc(CNC(=O)c2cc(-c3cccc(C)c3)nc3ccccc23)cc1. The van der Waals surface area contributed by atoms with E-state index in [1.54, 1.807) is 7.11 Å². The van der Waals surface area contributed by atoms with Crippen LogP contribution in [0.1, 0.15) is 21.5 Å². The van der Waals surface area contributed by atoms with Gasteiger partial charge in [0, 0.05) is 17.5 Å². The van der Waals surface area contributed by atoms with Crippen LogP contribution >= 0.6 is 0 Å². The molecule has 0 unspecified atom stereocenters. The molecule has 0 bridgehead atoms. The fraction of sp³-hybridized carbons (Fsp3) is 0.120. The summed E-state index contributed by atoms with van der Waals surface area (Å²) in [5.74, 6) is 0.677. The van der Waals surface area contributed by atoms with Crippen molar-refractivity contribution < 1.29 is 9.53 Å². The van der Waals surface area contributed by atoms with Crippen LogP contribution in [0.3, 0.4) is 0 Å². The highest BCUT2D eigenvalue weighted by Crippen LogP contribution is 2.25. The monoisotopic (exact) mass is 382 g/mol. The molecule has 0 radical (unpaired) electrons. The molecular formula is C25H22N2O2. The van der Waals surface area contributed by atoms with Crippen molar-refractivity contribution in [3.63, 3.8) is 0 Å². The highest BCUT2D eigenvalue weighted by Gasteiger charge is 2.14. The van der Waals surface area contributed by atoms with Gasteiger partial charge < -0.3 is 10.1 Å². The molecule has 0 fully saturated rings. The van der Waals surface area contributed by atoms with E-state index in [2.05, 4.69) is 11.4 Å². The first-order chi connectivity index (χ1) is 14.1. The fourth-order valence-corrected chi connectivity index (χ4v) is 3.34. The molecule has 4 aromatic rings. The second kappa shape index (κ2) is 8.15. The van der Waals surface area contributed by atoms with E-state index in [0.29, 0.717) is 12.1 Å². The normalized spacial score (nSPS) is 10.7. The Bertz CT molecular complexity index is 1170. The van der Waals surface area contributed by atoms with Crippen LogP contribution in [0.25, 0.3) is 22.2 Å². The third-order valence-electron chi connectivity index (χ3n) is 4.89. The van der Waals surface area contributed by atoms with Crippen molar-refractivity contribution in [2.45, 2.75) is 13.5 Å². The van der Waals surface area contributed by atoms with Crippen LogP contribution in [0.15, 0.2) is 78.9 Å². The zero-order valence-corrected chi connectivity index (χ0v) is 16.5. The van der Waals surface area contributed by atoms with Crippen molar-refractivity contribution in [1.29, 1.82) is 0 Å². The second-order valence-corrected chi connectivity index (χ2v) is 6.97. The largest absolute Gasteiger partial charge is 0.497 e. The Kier molecular flexibility index (Phi) is 5.25. The molecule has 0 aliphatic heterocycles. The Balaban J connectivity index is 1.66. The van der Waals surface area contributed by atoms with Crippen LogP contribution in [0.5, 0.6) is 5.75 Å². The Morgan fingerprint density at radius 3 is 2.52 bits per heavy atom. The van der Waals surface area contributed by atoms with Gasteiger partial charge in [0.2, 0.25) is 0 Å². The minimum absolute atomic E-state index is 0.117. The average molecular weight is 382 g/mol. The number of benzene rings is 3. The van der Waals surface area contributed by atoms with Gasteiger partial charge in [-0.1, -0.05) is 54.1 Å². The molecule has 0 spiro atoms. The molecule has 4 rings (SSSR count). The molecule has 0 saturated carbocycles. The molecule has 0 aliphatic carbocycles. The first kappa shape index (κ1) is 18.7. The van der Waals surface area contributed by atoms with Crippen LogP contribution in [0, 0.1) is 6.92 Å². The zero-order valence-electron chi connectivity index (χ0n) is 16.5. The Hall–Kier alpha value is -3.66. The van der Waals surface area contributed by atoms with Crippen LogP contribution in [-0.2, 0) is 6.54 Å². The molecule has 1 N–H and O–H groups in total. The number of nitrogens with zero attached hydrogens (tertiary/aromatic N) is 1. The number of aromatic nitrogens is 1. The highest BCUT2D eigenvalue weighted by molar-refractivity contribution is 6.07. The van der Waals surface area contributed by atoms with Gasteiger partial charge in [-0.3, -0.25) is 4.79 Å². The lowest BCUT2D eigenvalue weighted by Crippen LogP contribution is -2.23. The summed E-state index contributed by atoms with van der Waals surface area (Å²) in [6.07, 6.45) is 0. The van der Waals surface area contributed by atoms with Gasteiger partial charge in [-0.15, -0.1) is 0 Å². The van der Waals surface area contributed by atoms with E-state index in [1.165, 1.54) is 0 Å². The third-order valence-corrected chi connectivity index (χ3v) is 4.89. The van der Waals surface area contributed by atoms with Gasteiger partial charge in [-0.2, -0.15) is 0 Å². The molecule has 4 nitrogen and oxygen atoms in total. The molecule has 0 aliphatic rings. The number of ether oxygens (including phenoxy) is 1. The van der Waals surface area contributed by atoms with E-state index < -0.39 is 0 Å². The first-order valence-electron chi connectivity index (χ1n) is 9.52. The predicted octanol–water partition coefficient (Wildman–Crippen LogP) is 5.15. The van der Waals surface area contributed by atoms with E-state index in [-0.39, 0.29) is 5.91 Å². The standard InChI is InChI=1S/C25H22N2O2/c1-17-6-5-7-19(14-17)24-15-22(21-8-3-4-9-23(21)27-24)25(28)26-16-18-10-12-20(29-2)13-11-18/h3-15H,16H2,1-2H3,(H,26,28). The number of methoxy groups -OCH3 is 1. The predicted molar refractivity (Wildman–Crippen MR) is 116 cm³/mol. The molecule has 1 aromatic heterocycles. The molecule has 1 heterocycles. The number of para-hydroxylation sites is 1. The Morgan fingerprint density at radius 1 is 0.966 bits per heavy atom. The van der Waals surface area contributed by atoms with Crippen molar-refractivity contribution in [1.82, 2.24) is 10.3 Å². The Morgan fingerprint density at radius 2 is 1.76 bits per heavy atom. The number of hydrogen-bond acceptors (Lipinski definition) is 3. The van der Waals surface area contributed by atoms with Crippen LogP contribution in [-0.4, -0.2) is 18.0 Å². The lowest BCUT2D eigenvalue weighted by Gasteiger charge is -2.11. The highest BCUT2D eigenvalue weighted by atomic mass is 16.5. The number of amides is 1. The summed E-state index contributed by atoms with van der Waals surface area (Å²) in [4.78, 5) is 17.8. The number of fused-ring (bicyclic) bond motifs is 1. The summed E-state index contributed by atoms with van der Waals surface area (Å²) in [5.41, 5.74) is 5.39. The molecule has 4 heteroatoms. The van der Waals surface area contributed by atoms with Crippen LogP contribution < -0.4 is 10.1 Å². The van der Waals surface area contributed by atoms with E-state index in [9.17, 15) is 4.79 Å². The van der Waals surface area contributed by atoms with Crippen LogP contribution in [0.4, 0.5) is 0 Å². The summed E-state index contributed by atoms with van der Waals surface area (Å²) >= 11 is 0. The number of pyridine rings is 1. The lowest BCUT2D eigenvalue weighted by atomic mass is 10.0. The minimum Gasteiger partial charge on any atom is -0.497 e. The van der Waals surface area contributed by atoms with Gasteiger partial charge >= 0.3 is 0 Å². The zero-order chi connectivity index (χ0) is 20.2. The number of nitrogens with one attached hydrogen (secondary N) is 1. The summed E-state index contributed by atoms with van der Waals surface area (Å²) in [6.45, 7) is 2.49. The van der Waals surface area contributed by atoms with Gasteiger partial charge in [0.15, 0.2) is 0 Å². The number of rotatable bonds is 5. The van der Waals surface area contributed by atoms with E-state index in [1.807, 2.05) is 79.7 Å². The molecule has 3 aromatic carbocycles. The summed E-state index contributed by atoms with van der Waals surface area (Å²) in [5, 5.41) is 3.87. The summed E-state index contributed by atoms with van der Waals surface area (Å²) in [7, 11) is 1.64. The van der Waals surface area contributed by atoms with Crippen molar-refractivity contribution in [2.75, 3.05) is 7.11 Å². The van der Waals surface area contributed by atoms with Gasteiger partial charge in [0.1, 0.15) is 5.75 Å². The average Bonchev–Trinajstić information content (AvgIpc) is 2.77. The third kappa shape index (κ3) is 4.11. The van der Waals surface area contributed by atoms with Crippen molar-refractivity contribution >= 4 is 16.8 Å². The van der Waals surface area contributed by atoms with Gasteiger partial charge in [-0.05, 0) is 42.8 Å². The van der Waals surface area contributed by atoms with E-state index in [0.717, 1.165) is 39.0 Å². The second-order valence-electron chi connectivity index (χ2n) is 6.97. The molecule has 1 amide bonds. The van der Waals surface area contributed by atoms with Crippen molar-refractivity contribution in [3.8, 4) is 17.0 Å². The smallest absolute Gasteiger partial charge is 0.252 e. The quantitative estimate of drug-likeness (QED) is 0.519. The molecule has 29 heavy (non-hydrogen) atoms. The summed E-state index contributed by atoms with van der Waals surface area (Å²) < 4.78 is 5.18. The maximum absolute atomic E-state index is 13.0. The topological polar surface area (TPSA) is 51.2 Å². The Labute approximate surface area is 170 Å². The van der Waals surface area contributed by atoms with E-state index >= 15 is 0 Å². The van der Waals surface area contributed by atoms with Crippen molar-refractivity contribution in [3.05, 3.63) is 95.6 Å². The van der Waals surface area contributed by atoms with Gasteiger partial charge in [0.05, 0.1) is 23.9 Å². The number of hydrogen-bond donors (Lipinski definition) is 1.